The molecule has 2 aliphatic heterocycles. The highest BCUT2D eigenvalue weighted by Gasteiger charge is 2.45. The smallest absolute Gasteiger partial charge is 0.247 e. The Kier molecular flexibility index (Phi) is 4.48. The minimum Gasteiger partial charge on any atom is -0.291 e. The number of pyridine rings is 1. The molecule has 0 bridgehead atoms. The van der Waals surface area contributed by atoms with Gasteiger partial charge in [0, 0.05) is 25.5 Å². The highest BCUT2D eigenvalue weighted by atomic mass is 16.2. The number of piperidine rings is 1. The van der Waals surface area contributed by atoms with Crippen molar-refractivity contribution in [3.8, 4) is 0 Å². The average molecular weight is 315 g/mol. The van der Waals surface area contributed by atoms with Crippen molar-refractivity contribution in [1.82, 2.24) is 14.8 Å². The van der Waals surface area contributed by atoms with Crippen molar-refractivity contribution in [3.05, 3.63) is 30.1 Å². The zero-order valence-electron chi connectivity index (χ0n) is 14.1. The van der Waals surface area contributed by atoms with Crippen molar-refractivity contribution < 1.29 is 9.59 Å². The molecule has 2 saturated heterocycles. The standard InChI is InChI=1S/C18H25N3O2/c1-12-7-13(2)11-20(10-12)16-8-17(22)21(18(16)23)14(3)15-5-4-6-19-9-15/h4-6,9,12-14,16H,7-8,10-11H2,1-3H3/t12-,13+,14-,16+/m0/s1. The third-order valence-corrected chi connectivity index (χ3v) is 5.05. The van der Waals surface area contributed by atoms with Crippen LogP contribution in [0, 0.1) is 11.8 Å². The van der Waals surface area contributed by atoms with Crippen LogP contribution in [0.5, 0.6) is 0 Å². The Morgan fingerprint density at radius 2 is 1.91 bits per heavy atom. The van der Waals surface area contributed by atoms with E-state index >= 15 is 0 Å². The van der Waals surface area contributed by atoms with E-state index in [-0.39, 0.29) is 23.9 Å². The average Bonchev–Trinajstić information content (AvgIpc) is 2.81. The van der Waals surface area contributed by atoms with E-state index in [9.17, 15) is 9.59 Å². The molecule has 5 nitrogen and oxygen atoms in total. The van der Waals surface area contributed by atoms with E-state index in [1.807, 2.05) is 19.1 Å². The van der Waals surface area contributed by atoms with E-state index < -0.39 is 0 Å². The van der Waals surface area contributed by atoms with Gasteiger partial charge >= 0.3 is 0 Å². The van der Waals surface area contributed by atoms with Gasteiger partial charge in [0.2, 0.25) is 11.8 Å². The molecule has 1 aromatic heterocycles. The van der Waals surface area contributed by atoms with Crippen molar-refractivity contribution in [2.75, 3.05) is 13.1 Å². The molecule has 0 aliphatic carbocycles. The highest BCUT2D eigenvalue weighted by molar-refractivity contribution is 6.05. The fourth-order valence-electron chi connectivity index (χ4n) is 4.06. The molecule has 1 aromatic rings. The van der Waals surface area contributed by atoms with Crippen LogP contribution in [0.25, 0.3) is 0 Å². The van der Waals surface area contributed by atoms with Gasteiger partial charge in [-0.3, -0.25) is 24.4 Å². The Hall–Kier alpha value is -1.75. The second kappa shape index (κ2) is 6.40. The van der Waals surface area contributed by atoms with Gasteiger partial charge in [0.25, 0.3) is 0 Å². The Labute approximate surface area is 137 Å². The highest BCUT2D eigenvalue weighted by Crippen LogP contribution is 2.31. The van der Waals surface area contributed by atoms with Gasteiger partial charge in [-0.15, -0.1) is 0 Å². The van der Waals surface area contributed by atoms with Crippen LogP contribution in [0.15, 0.2) is 24.5 Å². The first kappa shape index (κ1) is 16.1. The predicted octanol–water partition coefficient (Wildman–Crippen LogP) is 2.25. The number of nitrogens with zero attached hydrogens (tertiary/aromatic N) is 3. The normalized spacial score (nSPS) is 30.7. The van der Waals surface area contributed by atoms with Crippen LogP contribution in [-0.2, 0) is 9.59 Å². The maximum atomic E-state index is 12.9. The van der Waals surface area contributed by atoms with Gasteiger partial charge in [-0.05, 0) is 36.8 Å². The first-order valence-corrected chi connectivity index (χ1v) is 8.47. The van der Waals surface area contributed by atoms with E-state index in [0.29, 0.717) is 18.3 Å². The molecular formula is C18H25N3O2. The van der Waals surface area contributed by atoms with Gasteiger partial charge in [-0.2, -0.15) is 0 Å². The van der Waals surface area contributed by atoms with Crippen LogP contribution in [0.2, 0.25) is 0 Å². The Morgan fingerprint density at radius 3 is 2.52 bits per heavy atom. The number of hydrogen-bond donors (Lipinski definition) is 0. The molecule has 0 unspecified atom stereocenters. The largest absolute Gasteiger partial charge is 0.291 e. The van der Waals surface area contributed by atoms with Crippen LogP contribution < -0.4 is 0 Å². The summed E-state index contributed by atoms with van der Waals surface area (Å²) in [6.45, 7) is 8.16. The lowest BCUT2D eigenvalue weighted by Crippen LogP contribution is -2.48. The van der Waals surface area contributed by atoms with E-state index in [1.165, 1.54) is 11.3 Å². The summed E-state index contributed by atoms with van der Waals surface area (Å²) in [5.41, 5.74) is 0.898. The van der Waals surface area contributed by atoms with Crippen molar-refractivity contribution in [3.63, 3.8) is 0 Å². The first-order valence-electron chi connectivity index (χ1n) is 8.47. The molecule has 3 heterocycles. The van der Waals surface area contributed by atoms with Gasteiger partial charge in [-0.1, -0.05) is 19.9 Å². The van der Waals surface area contributed by atoms with Crippen molar-refractivity contribution in [2.24, 2.45) is 11.8 Å². The van der Waals surface area contributed by atoms with Crippen molar-refractivity contribution in [2.45, 2.75) is 45.7 Å². The van der Waals surface area contributed by atoms with E-state index in [2.05, 4.69) is 23.7 Å². The number of imide groups is 1. The second-order valence-corrected chi connectivity index (χ2v) is 7.18. The number of aromatic nitrogens is 1. The molecule has 0 saturated carbocycles. The maximum Gasteiger partial charge on any atom is 0.247 e. The lowest BCUT2D eigenvalue weighted by atomic mass is 9.90. The third-order valence-electron chi connectivity index (χ3n) is 5.05. The Bertz CT molecular complexity index is 579. The van der Waals surface area contributed by atoms with Gasteiger partial charge in [0.05, 0.1) is 18.5 Å². The first-order chi connectivity index (χ1) is 11.0. The molecule has 124 valence electrons. The van der Waals surface area contributed by atoms with Crippen molar-refractivity contribution in [1.29, 1.82) is 0 Å². The fourth-order valence-corrected chi connectivity index (χ4v) is 4.06. The zero-order valence-corrected chi connectivity index (χ0v) is 14.1. The van der Waals surface area contributed by atoms with E-state index in [1.54, 1.807) is 12.4 Å². The lowest BCUT2D eigenvalue weighted by Gasteiger charge is -2.37. The summed E-state index contributed by atoms with van der Waals surface area (Å²) in [6, 6.07) is 3.21. The maximum absolute atomic E-state index is 12.9. The van der Waals surface area contributed by atoms with Crippen LogP contribution in [0.3, 0.4) is 0 Å². The molecule has 4 atom stereocenters. The molecule has 3 rings (SSSR count). The molecule has 0 spiro atoms. The third kappa shape index (κ3) is 3.15. The zero-order chi connectivity index (χ0) is 16.6. The second-order valence-electron chi connectivity index (χ2n) is 7.18. The molecule has 0 radical (unpaired) electrons. The number of carbonyl (C=O) groups excluding carboxylic acids is 2. The SMILES string of the molecule is C[C@@H]1C[C@H](C)CN([C@@H]2CC(=O)N([C@@H](C)c3cccnc3)C2=O)C1. The topological polar surface area (TPSA) is 53.5 Å². The molecule has 2 fully saturated rings. The predicted molar refractivity (Wildman–Crippen MR) is 87.4 cm³/mol. The number of likely N-dealkylation sites (tertiary alicyclic amines) is 2. The van der Waals surface area contributed by atoms with Gasteiger partial charge in [0.15, 0.2) is 0 Å². The molecule has 5 heteroatoms. The summed E-state index contributed by atoms with van der Waals surface area (Å²) < 4.78 is 0. The van der Waals surface area contributed by atoms with Gasteiger partial charge in [-0.25, -0.2) is 0 Å². The van der Waals surface area contributed by atoms with E-state index in [4.69, 9.17) is 0 Å². The molecule has 0 N–H and O–H groups in total. The summed E-state index contributed by atoms with van der Waals surface area (Å²) >= 11 is 0. The van der Waals surface area contributed by atoms with Crippen molar-refractivity contribution >= 4 is 11.8 Å². The Balaban J connectivity index is 1.77. The molecule has 2 amide bonds. The summed E-state index contributed by atoms with van der Waals surface area (Å²) in [7, 11) is 0. The summed E-state index contributed by atoms with van der Waals surface area (Å²) in [4.78, 5) is 33.1. The molecular weight excluding hydrogens is 290 g/mol. The summed E-state index contributed by atoms with van der Waals surface area (Å²) in [5, 5.41) is 0. The van der Waals surface area contributed by atoms with Gasteiger partial charge in [0.1, 0.15) is 0 Å². The number of carbonyl (C=O) groups is 2. The lowest BCUT2D eigenvalue weighted by molar-refractivity contribution is -0.142. The molecule has 2 aliphatic rings. The summed E-state index contributed by atoms with van der Waals surface area (Å²) in [5.74, 6) is 1.03. The molecule has 23 heavy (non-hydrogen) atoms. The Morgan fingerprint density at radius 1 is 1.22 bits per heavy atom. The van der Waals surface area contributed by atoms with Crippen LogP contribution in [0.4, 0.5) is 0 Å². The number of rotatable bonds is 3. The number of hydrogen-bond acceptors (Lipinski definition) is 4. The molecule has 0 aromatic carbocycles. The minimum absolute atomic E-state index is 0.0485. The quantitative estimate of drug-likeness (QED) is 0.803. The van der Waals surface area contributed by atoms with Crippen LogP contribution >= 0.6 is 0 Å². The van der Waals surface area contributed by atoms with Crippen LogP contribution in [-0.4, -0.2) is 45.7 Å². The summed E-state index contributed by atoms with van der Waals surface area (Å²) in [6.07, 6.45) is 4.93. The van der Waals surface area contributed by atoms with E-state index in [0.717, 1.165) is 18.7 Å². The fraction of sp³-hybridized carbons (Fsp3) is 0.611. The minimum atomic E-state index is -0.285. The van der Waals surface area contributed by atoms with Gasteiger partial charge < -0.3 is 0 Å². The number of amides is 2. The van der Waals surface area contributed by atoms with Crippen LogP contribution in [0.1, 0.15) is 45.2 Å². The monoisotopic (exact) mass is 315 g/mol.